The molecule has 2 saturated heterocycles. The number of nitrogens with one attached hydrogen (secondary N) is 2. The molecule has 0 saturated carbocycles. The Bertz CT molecular complexity index is 933. The zero-order valence-electron chi connectivity index (χ0n) is 15.2. The molecule has 2 unspecified atom stereocenters. The van der Waals surface area contributed by atoms with Crippen LogP contribution in [0.5, 0.6) is 0 Å². The van der Waals surface area contributed by atoms with Crippen molar-refractivity contribution in [2.75, 3.05) is 25.0 Å². The van der Waals surface area contributed by atoms with Crippen LogP contribution in [0.1, 0.15) is 25.7 Å². The quantitative estimate of drug-likeness (QED) is 0.844. The standard InChI is InChI=1S/C20H25N3O3S/c24-20(22-18-10-6-8-15-7-2-3-9-17(15)18)19-13-16(14-21-19)27(25,26)23-11-4-1-5-12-23/h2-3,6-10,16,19,21H,1,4-5,11-14H2,(H,22,24). The molecular weight excluding hydrogens is 362 g/mol. The molecule has 6 nitrogen and oxygen atoms in total. The molecule has 0 spiro atoms. The highest BCUT2D eigenvalue weighted by atomic mass is 32.2. The Hall–Kier alpha value is -1.96. The van der Waals surface area contributed by atoms with Gasteiger partial charge in [0.05, 0.1) is 11.3 Å². The number of piperidine rings is 1. The number of hydrogen-bond acceptors (Lipinski definition) is 4. The van der Waals surface area contributed by atoms with E-state index in [1.54, 1.807) is 4.31 Å². The number of sulfonamides is 1. The van der Waals surface area contributed by atoms with Crippen molar-refractivity contribution in [1.82, 2.24) is 9.62 Å². The Balaban J connectivity index is 1.45. The summed E-state index contributed by atoms with van der Waals surface area (Å²) in [6.07, 6.45) is 3.25. The van der Waals surface area contributed by atoms with Crippen LogP contribution in [-0.2, 0) is 14.8 Å². The van der Waals surface area contributed by atoms with Crippen molar-refractivity contribution in [3.63, 3.8) is 0 Å². The van der Waals surface area contributed by atoms with Crippen LogP contribution in [0.15, 0.2) is 42.5 Å². The lowest BCUT2D eigenvalue weighted by atomic mass is 10.1. The first kappa shape index (κ1) is 18.4. The molecule has 2 aliphatic rings. The number of nitrogens with zero attached hydrogens (tertiary/aromatic N) is 1. The minimum Gasteiger partial charge on any atom is -0.324 e. The van der Waals surface area contributed by atoms with Gasteiger partial charge in [0.15, 0.2) is 0 Å². The van der Waals surface area contributed by atoms with Gasteiger partial charge in [0.25, 0.3) is 0 Å². The fourth-order valence-corrected chi connectivity index (χ4v) is 5.95. The van der Waals surface area contributed by atoms with Gasteiger partial charge in [-0.2, -0.15) is 0 Å². The van der Waals surface area contributed by atoms with Gasteiger partial charge in [0.1, 0.15) is 0 Å². The highest BCUT2D eigenvalue weighted by Gasteiger charge is 2.40. The third kappa shape index (κ3) is 3.72. The smallest absolute Gasteiger partial charge is 0.241 e. The molecule has 2 atom stereocenters. The summed E-state index contributed by atoms with van der Waals surface area (Å²) in [4.78, 5) is 12.7. The fourth-order valence-electron chi connectivity index (χ4n) is 4.01. The first-order valence-electron chi connectivity index (χ1n) is 9.57. The van der Waals surface area contributed by atoms with Crippen LogP contribution in [0.25, 0.3) is 10.8 Å². The van der Waals surface area contributed by atoms with E-state index in [9.17, 15) is 13.2 Å². The third-order valence-electron chi connectivity index (χ3n) is 5.55. The second-order valence-corrected chi connectivity index (χ2v) is 9.55. The van der Waals surface area contributed by atoms with E-state index < -0.39 is 21.3 Å². The number of rotatable bonds is 4. The molecule has 0 aliphatic carbocycles. The van der Waals surface area contributed by atoms with E-state index >= 15 is 0 Å². The SMILES string of the molecule is O=C(Nc1cccc2ccccc12)C1CC(S(=O)(=O)N2CCCCC2)CN1. The van der Waals surface area contributed by atoms with E-state index in [2.05, 4.69) is 10.6 Å². The van der Waals surface area contributed by atoms with Crippen molar-refractivity contribution in [2.24, 2.45) is 0 Å². The van der Waals surface area contributed by atoms with Gasteiger partial charge in [-0.15, -0.1) is 0 Å². The molecule has 2 aliphatic heterocycles. The second-order valence-electron chi connectivity index (χ2n) is 7.34. The number of amides is 1. The molecule has 4 rings (SSSR count). The summed E-state index contributed by atoms with van der Waals surface area (Å²) in [5.41, 5.74) is 0.752. The molecular formula is C20H25N3O3S. The number of carbonyl (C=O) groups excluding carboxylic acids is 1. The monoisotopic (exact) mass is 387 g/mol. The highest BCUT2D eigenvalue weighted by Crippen LogP contribution is 2.25. The van der Waals surface area contributed by atoms with Gasteiger partial charge < -0.3 is 10.6 Å². The number of hydrogen-bond donors (Lipinski definition) is 2. The van der Waals surface area contributed by atoms with Crippen molar-refractivity contribution in [2.45, 2.75) is 37.0 Å². The Kier molecular flexibility index (Phi) is 5.16. The largest absolute Gasteiger partial charge is 0.324 e. The molecule has 1 amide bonds. The predicted molar refractivity (Wildman–Crippen MR) is 107 cm³/mol. The number of fused-ring (bicyclic) bond motifs is 1. The Labute approximate surface area is 160 Å². The molecule has 2 aromatic rings. The molecule has 144 valence electrons. The molecule has 2 aromatic carbocycles. The van der Waals surface area contributed by atoms with Gasteiger partial charge >= 0.3 is 0 Å². The maximum atomic E-state index is 12.8. The van der Waals surface area contributed by atoms with E-state index in [0.717, 1.165) is 35.7 Å². The van der Waals surface area contributed by atoms with Gasteiger partial charge in [-0.05, 0) is 30.7 Å². The van der Waals surface area contributed by atoms with Crippen LogP contribution in [0.3, 0.4) is 0 Å². The van der Waals surface area contributed by atoms with E-state index in [1.807, 2.05) is 42.5 Å². The van der Waals surface area contributed by atoms with E-state index in [-0.39, 0.29) is 5.91 Å². The van der Waals surface area contributed by atoms with Crippen molar-refractivity contribution < 1.29 is 13.2 Å². The Morgan fingerprint density at radius 2 is 1.78 bits per heavy atom. The van der Waals surface area contributed by atoms with Crippen LogP contribution < -0.4 is 10.6 Å². The van der Waals surface area contributed by atoms with Crippen molar-refractivity contribution >= 4 is 32.4 Å². The summed E-state index contributed by atoms with van der Waals surface area (Å²) in [6, 6.07) is 13.2. The van der Waals surface area contributed by atoms with Crippen LogP contribution in [0.2, 0.25) is 0 Å². The number of carbonyl (C=O) groups is 1. The average Bonchev–Trinajstić information content (AvgIpc) is 3.20. The molecule has 7 heteroatoms. The van der Waals surface area contributed by atoms with Gasteiger partial charge in [-0.25, -0.2) is 12.7 Å². The van der Waals surface area contributed by atoms with E-state index in [1.165, 1.54) is 0 Å². The van der Waals surface area contributed by atoms with Crippen molar-refractivity contribution in [1.29, 1.82) is 0 Å². The van der Waals surface area contributed by atoms with Crippen molar-refractivity contribution in [3.8, 4) is 0 Å². The molecule has 2 heterocycles. The van der Waals surface area contributed by atoms with Gasteiger partial charge in [-0.3, -0.25) is 4.79 Å². The normalized spacial score (nSPS) is 24.1. The minimum atomic E-state index is -3.34. The summed E-state index contributed by atoms with van der Waals surface area (Å²) < 4.78 is 27.3. The highest BCUT2D eigenvalue weighted by molar-refractivity contribution is 7.89. The topological polar surface area (TPSA) is 78.5 Å². The first-order chi connectivity index (χ1) is 13.1. The first-order valence-corrected chi connectivity index (χ1v) is 11.1. The van der Waals surface area contributed by atoms with Gasteiger partial charge in [0, 0.05) is 30.7 Å². The maximum Gasteiger partial charge on any atom is 0.241 e. The molecule has 2 N–H and O–H groups in total. The van der Waals surface area contributed by atoms with Crippen molar-refractivity contribution in [3.05, 3.63) is 42.5 Å². The molecule has 27 heavy (non-hydrogen) atoms. The van der Waals surface area contributed by atoms with Crippen LogP contribution in [0.4, 0.5) is 5.69 Å². The Morgan fingerprint density at radius 1 is 1.04 bits per heavy atom. The molecule has 2 fully saturated rings. The lowest BCUT2D eigenvalue weighted by Crippen LogP contribution is -2.42. The molecule has 0 aromatic heterocycles. The van der Waals surface area contributed by atoms with Crippen LogP contribution in [-0.4, -0.2) is 49.6 Å². The molecule has 0 bridgehead atoms. The zero-order valence-corrected chi connectivity index (χ0v) is 16.0. The van der Waals surface area contributed by atoms with Crippen LogP contribution in [0, 0.1) is 0 Å². The predicted octanol–water partition coefficient (Wildman–Crippen LogP) is 2.32. The summed E-state index contributed by atoms with van der Waals surface area (Å²) in [5, 5.41) is 7.57. The lowest BCUT2D eigenvalue weighted by Gasteiger charge is -2.28. The zero-order chi connectivity index (χ0) is 18.9. The second kappa shape index (κ2) is 7.58. The Morgan fingerprint density at radius 3 is 2.59 bits per heavy atom. The number of benzene rings is 2. The fraction of sp³-hybridized carbons (Fsp3) is 0.450. The number of anilines is 1. The lowest BCUT2D eigenvalue weighted by molar-refractivity contribution is -0.117. The summed E-state index contributed by atoms with van der Waals surface area (Å²) in [7, 11) is -3.34. The molecule has 0 radical (unpaired) electrons. The van der Waals surface area contributed by atoms with E-state index in [0.29, 0.717) is 26.1 Å². The minimum absolute atomic E-state index is 0.178. The summed E-state index contributed by atoms with van der Waals surface area (Å²) in [5.74, 6) is -0.178. The summed E-state index contributed by atoms with van der Waals surface area (Å²) in [6.45, 7) is 1.53. The third-order valence-corrected chi connectivity index (χ3v) is 7.84. The van der Waals surface area contributed by atoms with Crippen LogP contribution >= 0.6 is 0 Å². The van der Waals surface area contributed by atoms with E-state index in [4.69, 9.17) is 0 Å². The summed E-state index contributed by atoms with van der Waals surface area (Å²) >= 11 is 0. The average molecular weight is 388 g/mol. The van der Waals surface area contributed by atoms with Gasteiger partial charge in [-0.1, -0.05) is 42.8 Å². The maximum absolute atomic E-state index is 12.8. The van der Waals surface area contributed by atoms with Gasteiger partial charge in [0.2, 0.25) is 15.9 Å².